The van der Waals surface area contributed by atoms with E-state index >= 15 is 0 Å². The maximum Gasteiger partial charge on any atom is 0.253 e. The fraction of sp³-hybridized carbons (Fsp3) is 0.500. The quantitative estimate of drug-likeness (QED) is 0.811. The zero-order valence-electron chi connectivity index (χ0n) is 15.5. The molecule has 2 saturated heterocycles. The first-order valence-corrected chi connectivity index (χ1v) is 11.4. The molecule has 2 fully saturated rings. The summed E-state index contributed by atoms with van der Waals surface area (Å²) in [6.45, 7) is 2.76. The number of piperidine rings is 1. The van der Waals surface area contributed by atoms with Gasteiger partial charge in [0.2, 0.25) is 10.0 Å². The highest BCUT2D eigenvalue weighted by molar-refractivity contribution is 7.88. The van der Waals surface area contributed by atoms with Crippen LogP contribution in [0.1, 0.15) is 29.6 Å². The van der Waals surface area contributed by atoms with Crippen LogP contribution in [0, 0.1) is 11.8 Å². The normalized spacial score (nSPS) is 22.4. The lowest BCUT2D eigenvalue weighted by atomic mass is 9.84. The first kappa shape index (κ1) is 18.4. The Morgan fingerprint density at radius 2 is 1.81 bits per heavy atom. The topological polar surface area (TPSA) is 70.6 Å². The van der Waals surface area contributed by atoms with Gasteiger partial charge >= 0.3 is 0 Å². The Balaban J connectivity index is 1.39. The molecule has 1 aromatic heterocycles. The van der Waals surface area contributed by atoms with Crippen molar-refractivity contribution in [2.75, 3.05) is 32.4 Å². The van der Waals surface area contributed by atoms with Crippen molar-refractivity contribution < 1.29 is 13.2 Å². The van der Waals surface area contributed by atoms with Gasteiger partial charge in [-0.2, -0.15) is 0 Å². The van der Waals surface area contributed by atoms with Gasteiger partial charge < -0.3 is 4.90 Å². The molecule has 0 aliphatic carbocycles. The lowest BCUT2D eigenvalue weighted by Crippen LogP contribution is -2.40. The van der Waals surface area contributed by atoms with Crippen molar-refractivity contribution in [3.63, 3.8) is 0 Å². The average molecular weight is 388 g/mol. The maximum atomic E-state index is 12.9. The minimum atomic E-state index is -3.09. The summed E-state index contributed by atoms with van der Waals surface area (Å²) >= 11 is 0. The van der Waals surface area contributed by atoms with Gasteiger partial charge in [-0.25, -0.2) is 12.7 Å². The van der Waals surface area contributed by atoms with Gasteiger partial charge in [0.05, 0.1) is 11.8 Å². The number of nitrogens with zero attached hydrogens (tertiary/aromatic N) is 3. The second-order valence-electron chi connectivity index (χ2n) is 7.71. The van der Waals surface area contributed by atoms with Gasteiger partial charge in [0.1, 0.15) is 0 Å². The van der Waals surface area contributed by atoms with Crippen LogP contribution in [0.25, 0.3) is 10.9 Å². The predicted molar refractivity (Wildman–Crippen MR) is 105 cm³/mol. The third-order valence-corrected chi connectivity index (χ3v) is 7.30. The zero-order chi connectivity index (χ0) is 19.0. The molecule has 7 heteroatoms. The second-order valence-corrected chi connectivity index (χ2v) is 9.69. The Bertz CT molecular complexity index is 952. The smallest absolute Gasteiger partial charge is 0.253 e. The highest BCUT2D eigenvalue weighted by atomic mass is 32.2. The highest BCUT2D eigenvalue weighted by Gasteiger charge is 2.35. The molecule has 0 N–H and O–H groups in total. The number of pyridine rings is 1. The predicted octanol–water partition coefficient (Wildman–Crippen LogP) is 2.37. The summed E-state index contributed by atoms with van der Waals surface area (Å²) in [5.41, 5.74) is 1.61. The van der Waals surface area contributed by atoms with E-state index in [4.69, 9.17) is 0 Å². The zero-order valence-corrected chi connectivity index (χ0v) is 16.4. The number of rotatable bonds is 3. The summed E-state index contributed by atoms with van der Waals surface area (Å²) in [4.78, 5) is 19.2. The maximum absolute atomic E-state index is 12.9. The highest BCUT2D eigenvalue weighted by Crippen LogP contribution is 2.33. The largest absolute Gasteiger partial charge is 0.338 e. The van der Waals surface area contributed by atoms with Crippen LogP contribution in [-0.2, 0) is 10.0 Å². The van der Waals surface area contributed by atoms with Crippen molar-refractivity contribution >= 4 is 26.8 Å². The number of hydrogen-bond acceptors (Lipinski definition) is 4. The van der Waals surface area contributed by atoms with Crippen LogP contribution in [0.5, 0.6) is 0 Å². The molecule has 1 atom stereocenters. The van der Waals surface area contributed by atoms with E-state index in [1.807, 2.05) is 35.2 Å². The number of benzene rings is 1. The van der Waals surface area contributed by atoms with Crippen molar-refractivity contribution in [1.29, 1.82) is 0 Å². The van der Waals surface area contributed by atoms with Gasteiger partial charge in [0, 0.05) is 43.3 Å². The van der Waals surface area contributed by atoms with Gasteiger partial charge in [-0.15, -0.1) is 0 Å². The molecule has 2 aliphatic rings. The molecule has 1 unspecified atom stereocenters. The minimum Gasteiger partial charge on any atom is -0.338 e. The number of aromatic nitrogens is 1. The molecule has 4 rings (SSSR count). The molecule has 144 valence electrons. The van der Waals surface area contributed by atoms with Crippen LogP contribution < -0.4 is 0 Å². The Kier molecular flexibility index (Phi) is 4.90. The van der Waals surface area contributed by atoms with E-state index in [1.54, 1.807) is 10.5 Å². The monoisotopic (exact) mass is 387 g/mol. The van der Waals surface area contributed by atoms with Crippen molar-refractivity contribution in [3.05, 3.63) is 42.1 Å². The molecule has 0 saturated carbocycles. The van der Waals surface area contributed by atoms with E-state index in [-0.39, 0.29) is 5.91 Å². The molecule has 0 radical (unpaired) electrons. The fourth-order valence-corrected chi connectivity index (χ4v) is 5.30. The Morgan fingerprint density at radius 3 is 2.56 bits per heavy atom. The number of sulfonamides is 1. The van der Waals surface area contributed by atoms with E-state index < -0.39 is 10.0 Å². The van der Waals surface area contributed by atoms with Crippen LogP contribution in [-0.4, -0.2) is 60.9 Å². The molecule has 1 amide bonds. The van der Waals surface area contributed by atoms with Crippen molar-refractivity contribution in [2.24, 2.45) is 11.8 Å². The second kappa shape index (κ2) is 7.20. The first-order chi connectivity index (χ1) is 12.9. The molecule has 6 nitrogen and oxygen atoms in total. The minimum absolute atomic E-state index is 0.0804. The number of carbonyl (C=O) groups excluding carboxylic acids is 1. The van der Waals surface area contributed by atoms with Crippen LogP contribution >= 0.6 is 0 Å². The van der Waals surface area contributed by atoms with E-state index in [1.165, 1.54) is 6.26 Å². The van der Waals surface area contributed by atoms with Crippen molar-refractivity contribution in [3.8, 4) is 0 Å². The molecular formula is C20H25N3O3S. The van der Waals surface area contributed by atoms with Crippen LogP contribution in [0.15, 0.2) is 36.5 Å². The first-order valence-electron chi connectivity index (χ1n) is 9.51. The number of fused-ring (bicyclic) bond motifs is 1. The Hall–Kier alpha value is -1.99. The average Bonchev–Trinajstić information content (AvgIpc) is 3.16. The standard InChI is InChI=1S/C20H25N3O3S/c1-27(25,26)23-11-7-15(8-12-23)18-6-10-22(14-18)20(24)17-4-5-19-16(13-17)3-2-9-21-19/h2-5,9,13,15,18H,6-8,10-12,14H2,1H3. The number of amides is 1. The molecule has 0 spiro atoms. The fourth-order valence-electron chi connectivity index (χ4n) is 4.43. The molecule has 2 aromatic rings. The number of likely N-dealkylation sites (tertiary alicyclic amines) is 1. The van der Waals surface area contributed by atoms with Gasteiger partial charge in [-0.05, 0) is 55.4 Å². The number of carbonyl (C=O) groups is 1. The summed E-state index contributed by atoms with van der Waals surface area (Å²) in [5.74, 6) is 1.05. The summed E-state index contributed by atoms with van der Waals surface area (Å²) in [6, 6.07) is 9.53. The third-order valence-electron chi connectivity index (χ3n) is 6.00. The third kappa shape index (κ3) is 3.84. The molecule has 1 aromatic carbocycles. The van der Waals surface area contributed by atoms with E-state index in [2.05, 4.69) is 4.98 Å². The summed E-state index contributed by atoms with van der Waals surface area (Å²) < 4.78 is 24.9. The van der Waals surface area contributed by atoms with Gasteiger partial charge in [0.25, 0.3) is 5.91 Å². The summed E-state index contributed by atoms with van der Waals surface area (Å²) in [6.07, 6.45) is 5.82. The lowest BCUT2D eigenvalue weighted by molar-refractivity contribution is 0.0778. The molecule has 0 bridgehead atoms. The lowest BCUT2D eigenvalue weighted by Gasteiger charge is -2.33. The van der Waals surface area contributed by atoms with Crippen LogP contribution in [0.2, 0.25) is 0 Å². The van der Waals surface area contributed by atoms with Crippen molar-refractivity contribution in [2.45, 2.75) is 19.3 Å². The molecule has 2 aliphatic heterocycles. The van der Waals surface area contributed by atoms with Crippen LogP contribution in [0.4, 0.5) is 0 Å². The molecule has 27 heavy (non-hydrogen) atoms. The van der Waals surface area contributed by atoms with Crippen LogP contribution in [0.3, 0.4) is 0 Å². The number of hydrogen-bond donors (Lipinski definition) is 0. The van der Waals surface area contributed by atoms with Gasteiger partial charge in [-0.1, -0.05) is 6.07 Å². The van der Waals surface area contributed by atoms with Crippen molar-refractivity contribution in [1.82, 2.24) is 14.2 Å². The Morgan fingerprint density at radius 1 is 1.07 bits per heavy atom. The van der Waals surface area contributed by atoms with E-state index in [0.717, 1.165) is 43.3 Å². The van der Waals surface area contributed by atoms with E-state index in [9.17, 15) is 13.2 Å². The molecule has 3 heterocycles. The summed E-state index contributed by atoms with van der Waals surface area (Å²) in [7, 11) is -3.09. The summed E-state index contributed by atoms with van der Waals surface area (Å²) in [5, 5.41) is 0.979. The van der Waals surface area contributed by atoms with Gasteiger partial charge in [-0.3, -0.25) is 9.78 Å². The van der Waals surface area contributed by atoms with E-state index in [0.29, 0.717) is 30.5 Å². The molecular weight excluding hydrogens is 362 g/mol. The SMILES string of the molecule is CS(=O)(=O)N1CCC(C2CCN(C(=O)c3ccc4ncccc4c3)C2)CC1. The van der Waals surface area contributed by atoms with Gasteiger partial charge in [0.15, 0.2) is 0 Å². The Labute approximate surface area is 160 Å².